The minimum Gasteiger partial charge on any atom is -0.495 e. The maximum absolute atomic E-state index is 13.1. The summed E-state index contributed by atoms with van der Waals surface area (Å²) in [5.41, 5.74) is -0.654. The predicted octanol–water partition coefficient (Wildman–Crippen LogP) is 4.50. The highest BCUT2D eigenvalue weighted by molar-refractivity contribution is 6.03. The molecule has 0 bridgehead atoms. The summed E-state index contributed by atoms with van der Waals surface area (Å²) >= 11 is 0. The highest BCUT2D eigenvalue weighted by atomic mass is 19.4. The Morgan fingerprint density at radius 2 is 1.68 bits per heavy atom. The fourth-order valence-electron chi connectivity index (χ4n) is 2.44. The minimum absolute atomic E-state index is 0.0205. The number of halogens is 3. The summed E-state index contributed by atoms with van der Waals surface area (Å²) in [6.07, 6.45) is -3.26. The summed E-state index contributed by atoms with van der Waals surface area (Å²) in [5.74, 6) is -0.231. The molecule has 2 aromatic carbocycles. The Morgan fingerprint density at radius 3 is 2.39 bits per heavy atom. The standard InChI is InChI=1S/C19H15F3N4O2/c1-28-16-9-5-4-8-14(16)24-17(27)15-10-11-23-18(26-15)25-13-7-3-2-6-12(13)19(20,21)22/h2-11H,1H3,(H,24,27)(H,23,25,26). The molecule has 0 radical (unpaired) electrons. The molecule has 9 heteroatoms. The Labute approximate surface area is 158 Å². The number of nitrogens with one attached hydrogen (secondary N) is 2. The van der Waals surface area contributed by atoms with Crippen LogP contribution in [0.25, 0.3) is 0 Å². The van der Waals surface area contributed by atoms with Gasteiger partial charge in [-0.2, -0.15) is 13.2 Å². The number of para-hydroxylation sites is 3. The molecule has 2 N–H and O–H groups in total. The van der Waals surface area contributed by atoms with Gasteiger partial charge >= 0.3 is 6.18 Å². The first kappa shape index (κ1) is 19.2. The topological polar surface area (TPSA) is 76.1 Å². The van der Waals surface area contributed by atoms with Crippen molar-refractivity contribution in [2.75, 3.05) is 17.7 Å². The number of nitrogens with zero attached hydrogens (tertiary/aromatic N) is 2. The molecule has 0 aliphatic rings. The maximum atomic E-state index is 13.1. The van der Waals surface area contributed by atoms with Crippen LogP contribution < -0.4 is 15.4 Å². The van der Waals surface area contributed by atoms with Crippen LogP contribution in [0.2, 0.25) is 0 Å². The number of rotatable bonds is 5. The van der Waals surface area contributed by atoms with Crippen molar-refractivity contribution in [2.45, 2.75) is 6.18 Å². The number of benzene rings is 2. The number of carbonyl (C=O) groups excluding carboxylic acids is 1. The third-order valence-electron chi connectivity index (χ3n) is 3.72. The molecule has 0 atom stereocenters. The molecule has 3 rings (SSSR count). The number of alkyl halides is 3. The first-order valence-electron chi connectivity index (χ1n) is 8.09. The van der Waals surface area contributed by atoms with Crippen LogP contribution in [0, 0.1) is 0 Å². The lowest BCUT2D eigenvalue weighted by Crippen LogP contribution is -2.16. The number of carbonyl (C=O) groups is 1. The van der Waals surface area contributed by atoms with Crippen LogP contribution >= 0.6 is 0 Å². The molecular formula is C19H15F3N4O2. The van der Waals surface area contributed by atoms with Gasteiger partial charge < -0.3 is 15.4 Å². The Hall–Kier alpha value is -3.62. The fraction of sp³-hybridized carbons (Fsp3) is 0.105. The molecule has 0 aliphatic carbocycles. The normalized spacial score (nSPS) is 11.0. The molecule has 0 saturated heterocycles. The second-order valence-corrected chi connectivity index (χ2v) is 5.59. The molecule has 0 saturated carbocycles. The Bertz CT molecular complexity index is 993. The van der Waals surface area contributed by atoms with Gasteiger partial charge in [-0.1, -0.05) is 24.3 Å². The van der Waals surface area contributed by atoms with E-state index in [1.165, 1.54) is 37.6 Å². The molecule has 0 aliphatic heterocycles. The second-order valence-electron chi connectivity index (χ2n) is 5.59. The highest BCUT2D eigenvalue weighted by Crippen LogP contribution is 2.35. The van der Waals surface area contributed by atoms with Crippen LogP contribution in [0.5, 0.6) is 5.75 Å². The van der Waals surface area contributed by atoms with E-state index in [0.29, 0.717) is 11.4 Å². The van der Waals surface area contributed by atoms with Crippen molar-refractivity contribution in [3.8, 4) is 5.75 Å². The van der Waals surface area contributed by atoms with E-state index >= 15 is 0 Å². The maximum Gasteiger partial charge on any atom is 0.418 e. The predicted molar refractivity (Wildman–Crippen MR) is 97.7 cm³/mol. The molecule has 0 spiro atoms. The summed E-state index contributed by atoms with van der Waals surface area (Å²) in [5, 5.41) is 5.16. The number of hydrogen-bond donors (Lipinski definition) is 2. The van der Waals surface area contributed by atoms with Gasteiger partial charge in [0.15, 0.2) is 0 Å². The molecule has 144 valence electrons. The van der Waals surface area contributed by atoms with Crippen molar-refractivity contribution < 1.29 is 22.7 Å². The number of aromatic nitrogens is 2. The monoisotopic (exact) mass is 388 g/mol. The fourth-order valence-corrected chi connectivity index (χ4v) is 2.44. The van der Waals surface area contributed by atoms with E-state index in [0.717, 1.165) is 6.07 Å². The summed E-state index contributed by atoms with van der Waals surface area (Å²) in [6, 6.07) is 13.1. The van der Waals surface area contributed by atoms with Gasteiger partial charge in [-0.05, 0) is 30.3 Å². The van der Waals surface area contributed by atoms with E-state index in [2.05, 4.69) is 20.6 Å². The van der Waals surface area contributed by atoms with Crippen molar-refractivity contribution in [2.24, 2.45) is 0 Å². The summed E-state index contributed by atoms with van der Waals surface area (Å²) in [6.45, 7) is 0. The molecule has 0 unspecified atom stereocenters. The van der Waals surface area contributed by atoms with Gasteiger partial charge in [-0.25, -0.2) is 9.97 Å². The summed E-state index contributed by atoms with van der Waals surface area (Å²) in [4.78, 5) is 20.3. The third-order valence-corrected chi connectivity index (χ3v) is 3.72. The number of amides is 1. The van der Waals surface area contributed by atoms with Gasteiger partial charge in [0.2, 0.25) is 5.95 Å². The lowest BCUT2D eigenvalue weighted by molar-refractivity contribution is -0.136. The first-order chi connectivity index (χ1) is 13.4. The van der Waals surface area contributed by atoms with Crippen molar-refractivity contribution in [3.05, 3.63) is 72.1 Å². The van der Waals surface area contributed by atoms with E-state index in [-0.39, 0.29) is 17.3 Å². The Kier molecular flexibility index (Phi) is 5.44. The van der Waals surface area contributed by atoms with Crippen LogP contribution in [0.1, 0.15) is 16.1 Å². The zero-order valence-electron chi connectivity index (χ0n) is 14.6. The van der Waals surface area contributed by atoms with E-state index in [1.807, 2.05) is 0 Å². The molecule has 0 fully saturated rings. The van der Waals surface area contributed by atoms with E-state index in [1.54, 1.807) is 24.3 Å². The molecule has 1 amide bonds. The van der Waals surface area contributed by atoms with Crippen LogP contribution in [-0.4, -0.2) is 23.0 Å². The minimum atomic E-state index is -4.54. The zero-order valence-corrected chi connectivity index (χ0v) is 14.6. The van der Waals surface area contributed by atoms with Crippen molar-refractivity contribution in [1.29, 1.82) is 0 Å². The quantitative estimate of drug-likeness (QED) is 0.673. The van der Waals surface area contributed by atoms with Crippen molar-refractivity contribution in [3.63, 3.8) is 0 Å². The van der Waals surface area contributed by atoms with Crippen molar-refractivity contribution in [1.82, 2.24) is 9.97 Å². The summed E-state index contributed by atoms with van der Waals surface area (Å²) in [7, 11) is 1.47. The molecule has 3 aromatic rings. The number of hydrogen-bond acceptors (Lipinski definition) is 5. The average Bonchev–Trinajstić information content (AvgIpc) is 2.68. The average molecular weight is 388 g/mol. The molecular weight excluding hydrogens is 373 g/mol. The van der Waals surface area contributed by atoms with Gasteiger partial charge in [0.1, 0.15) is 11.4 Å². The van der Waals surface area contributed by atoms with Crippen LogP contribution in [-0.2, 0) is 6.18 Å². The van der Waals surface area contributed by atoms with Gasteiger partial charge in [0, 0.05) is 6.20 Å². The van der Waals surface area contributed by atoms with E-state index in [9.17, 15) is 18.0 Å². The zero-order chi connectivity index (χ0) is 20.1. The second kappa shape index (κ2) is 7.95. The lowest BCUT2D eigenvalue weighted by atomic mass is 10.1. The SMILES string of the molecule is COc1ccccc1NC(=O)c1ccnc(Nc2ccccc2C(F)(F)F)n1. The first-order valence-corrected chi connectivity index (χ1v) is 8.09. The van der Waals surface area contributed by atoms with E-state index in [4.69, 9.17) is 4.74 Å². The van der Waals surface area contributed by atoms with Gasteiger partial charge in [-0.3, -0.25) is 4.79 Å². The number of anilines is 3. The lowest BCUT2D eigenvalue weighted by Gasteiger charge is -2.14. The highest BCUT2D eigenvalue weighted by Gasteiger charge is 2.33. The van der Waals surface area contributed by atoms with Gasteiger partial charge in [-0.15, -0.1) is 0 Å². The molecule has 28 heavy (non-hydrogen) atoms. The van der Waals surface area contributed by atoms with Gasteiger partial charge in [0.05, 0.1) is 24.0 Å². The molecule has 6 nitrogen and oxygen atoms in total. The number of methoxy groups -OCH3 is 1. The van der Waals surface area contributed by atoms with E-state index < -0.39 is 17.6 Å². The summed E-state index contributed by atoms with van der Waals surface area (Å²) < 4.78 is 44.5. The smallest absolute Gasteiger partial charge is 0.418 e. The number of ether oxygens (including phenoxy) is 1. The molecule has 1 heterocycles. The van der Waals surface area contributed by atoms with Crippen molar-refractivity contribution >= 4 is 23.2 Å². The van der Waals surface area contributed by atoms with Crippen LogP contribution in [0.3, 0.4) is 0 Å². The Balaban J connectivity index is 1.83. The Morgan fingerprint density at radius 1 is 1.00 bits per heavy atom. The van der Waals surface area contributed by atoms with Crippen LogP contribution in [0.4, 0.5) is 30.5 Å². The molecule has 1 aromatic heterocycles. The largest absolute Gasteiger partial charge is 0.495 e. The third kappa shape index (κ3) is 4.37. The van der Waals surface area contributed by atoms with Gasteiger partial charge in [0.25, 0.3) is 5.91 Å². The van der Waals surface area contributed by atoms with Crippen LogP contribution in [0.15, 0.2) is 60.8 Å².